The number of nitrogens with one attached hydrogen (secondary N) is 1. The van der Waals surface area contributed by atoms with Gasteiger partial charge in [-0.15, -0.1) is 0 Å². The number of rotatable bonds is 5. The summed E-state index contributed by atoms with van der Waals surface area (Å²) in [7, 11) is 0. The highest BCUT2D eigenvalue weighted by atomic mass is 35.5. The molecule has 2 aromatic rings. The number of carbonyl (C=O) groups is 1. The summed E-state index contributed by atoms with van der Waals surface area (Å²) in [6.45, 7) is 3.29. The zero-order valence-electron chi connectivity index (χ0n) is 12.6. The fourth-order valence-electron chi connectivity index (χ4n) is 2.00. The maximum absolute atomic E-state index is 11.9. The molecule has 6 nitrogen and oxygen atoms in total. The van der Waals surface area contributed by atoms with Gasteiger partial charge in [-0.25, -0.2) is 0 Å². The third-order valence-corrected chi connectivity index (χ3v) is 3.35. The van der Waals surface area contributed by atoms with E-state index in [1.165, 1.54) is 12.1 Å². The first kappa shape index (κ1) is 16.8. The average Bonchev–Trinajstić information content (AvgIpc) is 2.48. The Balaban J connectivity index is 2.04. The summed E-state index contributed by atoms with van der Waals surface area (Å²) in [6.07, 6.45) is 0. The summed E-state index contributed by atoms with van der Waals surface area (Å²) >= 11 is 5.85. The van der Waals surface area contributed by atoms with Gasteiger partial charge in [-0.2, -0.15) is 0 Å². The number of hydrogen-bond donors (Lipinski definition) is 1. The molecule has 0 aliphatic carbocycles. The van der Waals surface area contributed by atoms with E-state index >= 15 is 0 Å². The Labute approximate surface area is 138 Å². The topological polar surface area (TPSA) is 81.5 Å². The largest absolute Gasteiger partial charge is 0.483 e. The molecule has 0 aliphatic heterocycles. The molecule has 0 atom stereocenters. The minimum Gasteiger partial charge on any atom is -0.483 e. The molecule has 0 spiro atoms. The van der Waals surface area contributed by atoms with Gasteiger partial charge in [0.1, 0.15) is 11.4 Å². The second kappa shape index (κ2) is 7.11. The summed E-state index contributed by atoms with van der Waals surface area (Å²) in [6, 6.07) is 9.64. The van der Waals surface area contributed by atoms with Gasteiger partial charge >= 0.3 is 0 Å². The van der Waals surface area contributed by atoms with E-state index in [1.54, 1.807) is 31.2 Å². The van der Waals surface area contributed by atoms with Crippen LogP contribution in [-0.4, -0.2) is 17.4 Å². The number of anilines is 1. The van der Waals surface area contributed by atoms with Gasteiger partial charge in [-0.1, -0.05) is 17.7 Å². The summed E-state index contributed by atoms with van der Waals surface area (Å²) in [5, 5.41) is 14.1. The first-order valence-electron chi connectivity index (χ1n) is 6.80. The second-order valence-electron chi connectivity index (χ2n) is 5.02. The molecule has 0 aromatic heterocycles. The highest BCUT2D eigenvalue weighted by molar-refractivity contribution is 6.30. The van der Waals surface area contributed by atoms with Crippen molar-refractivity contribution in [2.75, 3.05) is 11.9 Å². The summed E-state index contributed by atoms with van der Waals surface area (Å²) in [4.78, 5) is 22.4. The molecular formula is C16H15ClN2O4. The summed E-state index contributed by atoms with van der Waals surface area (Å²) < 4.78 is 5.41. The van der Waals surface area contributed by atoms with Gasteiger partial charge in [0, 0.05) is 11.1 Å². The van der Waals surface area contributed by atoms with E-state index in [1.807, 2.05) is 6.92 Å². The van der Waals surface area contributed by atoms with Crippen molar-refractivity contribution in [1.82, 2.24) is 0 Å². The molecule has 1 N–H and O–H groups in total. The van der Waals surface area contributed by atoms with Crippen molar-refractivity contribution >= 4 is 28.9 Å². The van der Waals surface area contributed by atoms with Crippen LogP contribution in [0.5, 0.6) is 5.75 Å². The zero-order chi connectivity index (χ0) is 17.0. The van der Waals surface area contributed by atoms with Gasteiger partial charge < -0.3 is 10.1 Å². The molecule has 0 saturated heterocycles. The van der Waals surface area contributed by atoms with Crippen molar-refractivity contribution < 1.29 is 14.5 Å². The fraction of sp³-hybridized carbons (Fsp3) is 0.188. The Bertz CT molecular complexity index is 762. The molecular weight excluding hydrogens is 320 g/mol. The minimum atomic E-state index is -0.535. The van der Waals surface area contributed by atoms with Crippen LogP contribution in [0, 0.1) is 24.0 Å². The molecule has 2 rings (SSSR count). The van der Waals surface area contributed by atoms with Crippen molar-refractivity contribution in [3.63, 3.8) is 0 Å². The predicted octanol–water partition coefficient (Wildman–Crippen LogP) is 3.88. The zero-order valence-corrected chi connectivity index (χ0v) is 13.4. The Kier molecular flexibility index (Phi) is 5.18. The van der Waals surface area contributed by atoms with Crippen LogP contribution in [-0.2, 0) is 4.79 Å². The third-order valence-electron chi connectivity index (χ3n) is 3.12. The maximum Gasteiger partial charge on any atom is 0.293 e. The molecule has 0 bridgehead atoms. The van der Waals surface area contributed by atoms with Gasteiger partial charge in [0.2, 0.25) is 0 Å². The Morgan fingerprint density at radius 2 is 2.00 bits per heavy atom. The molecule has 0 aliphatic rings. The van der Waals surface area contributed by atoms with Gasteiger partial charge in [0.15, 0.2) is 6.61 Å². The van der Waals surface area contributed by atoms with E-state index in [0.29, 0.717) is 10.8 Å². The Hall–Kier alpha value is -2.60. The van der Waals surface area contributed by atoms with Crippen molar-refractivity contribution in [3.8, 4) is 5.75 Å². The number of nitrogens with zero attached hydrogens (tertiary/aromatic N) is 1. The fourth-order valence-corrected chi connectivity index (χ4v) is 2.23. The molecule has 0 heterocycles. The normalized spacial score (nSPS) is 10.2. The lowest BCUT2D eigenvalue weighted by Crippen LogP contribution is -2.21. The standard InChI is InChI=1S/C16H15ClN2O4/c1-10-3-5-13(14(7-10)19(21)22)18-16(20)9-23-15-6-4-12(17)8-11(15)2/h3-8H,9H2,1-2H3,(H,18,20). The number of amides is 1. The first-order valence-corrected chi connectivity index (χ1v) is 7.18. The Morgan fingerprint density at radius 1 is 1.26 bits per heavy atom. The van der Waals surface area contributed by atoms with E-state index in [-0.39, 0.29) is 18.0 Å². The summed E-state index contributed by atoms with van der Waals surface area (Å²) in [5.74, 6) is 0.0502. The van der Waals surface area contributed by atoms with E-state index in [4.69, 9.17) is 16.3 Å². The van der Waals surface area contributed by atoms with Gasteiger partial charge in [-0.3, -0.25) is 14.9 Å². The van der Waals surface area contributed by atoms with Gasteiger partial charge in [-0.05, 0) is 49.2 Å². The molecule has 1 amide bonds. The van der Waals surface area contributed by atoms with Crippen LogP contribution in [0.1, 0.15) is 11.1 Å². The lowest BCUT2D eigenvalue weighted by atomic mass is 10.2. The van der Waals surface area contributed by atoms with Crippen molar-refractivity contribution in [2.24, 2.45) is 0 Å². The van der Waals surface area contributed by atoms with E-state index in [9.17, 15) is 14.9 Å². The quantitative estimate of drug-likeness (QED) is 0.664. The number of carbonyl (C=O) groups excluding carboxylic acids is 1. The smallest absolute Gasteiger partial charge is 0.293 e. The monoisotopic (exact) mass is 334 g/mol. The molecule has 23 heavy (non-hydrogen) atoms. The molecule has 7 heteroatoms. The van der Waals surface area contributed by atoms with Crippen LogP contribution in [0.25, 0.3) is 0 Å². The predicted molar refractivity (Wildman–Crippen MR) is 88.1 cm³/mol. The molecule has 0 fully saturated rings. The van der Waals surface area contributed by atoms with Crippen LogP contribution in [0.15, 0.2) is 36.4 Å². The number of ether oxygens (including phenoxy) is 1. The maximum atomic E-state index is 11.9. The lowest BCUT2D eigenvalue weighted by molar-refractivity contribution is -0.384. The highest BCUT2D eigenvalue weighted by Crippen LogP contribution is 2.25. The van der Waals surface area contributed by atoms with Gasteiger partial charge in [0.05, 0.1) is 4.92 Å². The van der Waals surface area contributed by atoms with E-state index in [2.05, 4.69) is 5.32 Å². The highest BCUT2D eigenvalue weighted by Gasteiger charge is 2.16. The minimum absolute atomic E-state index is 0.141. The second-order valence-corrected chi connectivity index (χ2v) is 5.46. The first-order chi connectivity index (χ1) is 10.9. The number of aryl methyl sites for hydroxylation is 2. The summed E-state index contributed by atoms with van der Waals surface area (Å²) in [5.41, 5.74) is 1.53. The number of nitro groups is 1. The van der Waals surface area contributed by atoms with E-state index in [0.717, 1.165) is 11.1 Å². The number of hydrogen-bond acceptors (Lipinski definition) is 4. The third kappa shape index (κ3) is 4.43. The number of halogens is 1. The molecule has 2 aromatic carbocycles. The number of nitro benzene ring substituents is 1. The van der Waals surface area contributed by atoms with E-state index < -0.39 is 10.8 Å². The van der Waals surface area contributed by atoms with Crippen LogP contribution >= 0.6 is 11.6 Å². The Morgan fingerprint density at radius 3 is 2.65 bits per heavy atom. The number of benzene rings is 2. The molecule has 0 unspecified atom stereocenters. The van der Waals surface area contributed by atoms with Crippen molar-refractivity contribution in [2.45, 2.75) is 13.8 Å². The van der Waals surface area contributed by atoms with Crippen molar-refractivity contribution in [3.05, 3.63) is 62.7 Å². The van der Waals surface area contributed by atoms with Crippen LogP contribution < -0.4 is 10.1 Å². The molecule has 0 radical (unpaired) electrons. The average molecular weight is 335 g/mol. The lowest BCUT2D eigenvalue weighted by Gasteiger charge is -2.10. The SMILES string of the molecule is Cc1ccc(NC(=O)COc2ccc(Cl)cc2C)c([N+](=O)[O-])c1. The van der Waals surface area contributed by atoms with Gasteiger partial charge in [0.25, 0.3) is 11.6 Å². The van der Waals surface area contributed by atoms with Crippen LogP contribution in [0.4, 0.5) is 11.4 Å². The van der Waals surface area contributed by atoms with Crippen LogP contribution in [0.2, 0.25) is 5.02 Å². The molecule has 120 valence electrons. The van der Waals surface area contributed by atoms with Crippen molar-refractivity contribution in [1.29, 1.82) is 0 Å². The van der Waals surface area contributed by atoms with Crippen LogP contribution in [0.3, 0.4) is 0 Å². The molecule has 0 saturated carbocycles.